The van der Waals surface area contributed by atoms with Crippen LogP contribution in [-0.2, 0) is 4.84 Å². The van der Waals surface area contributed by atoms with E-state index in [1.165, 1.54) is 10.8 Å². The molecular weight excluding hydrogens is 270 g/mol. The second-order valence-electron chi connectivity index (χ2n) is 5.18. The van der Waals surface area contributed by atoms with Gasteiger partial charge < -0.3 is 4.84 Å². The Hall–Kier alpha value is -3.00. The first-order valence-electron chi connectivity index (χ1n) is 7.29. The van der Waals surface area contributed by atoms with E-state index in [1.54, 1.807) is 11.3 Å². The summed E-state index contributed by atoms with van der Waals surface area (Å²) >= 11 is 0. The molecule has 0 radical (unpaired) electrons. The summed E-state index contributed by atoms with van der Waals surface area (Å²) in [6.45, 7) is 0. The van der Waals surface area contributed by atoms with Gasteiger partial charge in [-0.2, -0.15) is 5.06 Å². The Labute approximate surface area is 129 Å². The van der Waals surface area contributed by atoms with Crippen molar-refractivity contribution in [2.24, 2.45) is 0 Å². The Kier molecular flexibility index (Phi) is 3.13. The molecule has 0 aromatic heterocycles. The molecule has 106 valence electrons. The summed E-state index contributed by atoms with van der Waals surface area (Å²) in [5.74, 6) is 0. The SMILES string of the molecule is C1=CN(c2cccc3ccccc23)OC=C1c1ccccc1. The molecule has 0 N–H and O–H groups in total. The molecule has 0 fully saturated rings. The first-order chi connectivity index (χ1) is 10.9. The van der Waals surface area contributed by atoms with Gasteiger partial charge in [-0.15, -0.1) is 0 Å². The fraction of sp³-hybridized carbons (Fsp3) is 0. The van der Waals surface area contributed by atoms with E-state index in [2.05, 4.69) is 42.5 Å². The van der Waals surface area contributed by atoms with Gasteiger partial charge in [0, 0.05) is 17.2 Å². The van der Waals surface area contributed by atoms with Crippen LogP contribution in [0.2, 0.25) is 0 Å². The monoisotopic (exact) mass is 285 g/mol. The molecule has 3 aromatic carbocycles. The van der Waals surface area contributed by atoms with Gasteiger partial charge in [0.2, 0.25) is 0 Å². The highest BCUT2D eigenvalue weighted by atomic mass is 16.7. The number of allylic oxidation sites excluding steroid dienone is 2. The summed E-state index contributed by atoms with van der Waals surface area (Å²) in [6, 6.07) is 24.8. The van der Waals surface area contributed by atoms with Gasteiger partial charge >= 0.3 is 0 Å². The van der Waals surface area contributed by atoms with Crippen LogP contribution in [0.25, 0.3) is 16.3 Å². The molecule has 22 heavy (non-hydrogen) atoms. The van der Waals surface area contributed by atoms with Gasteiger partial charge in [0.15, 0.2) is 0 Å². The van der Waals surface area contributed by atoms with Crippen LogP contribution in [-0.4, -0.2) is 0 Å². The number of benzene rings is 3. The van der Waals surface area contributed by atoms with E-state index in [4.69, 9.17) is 4.84 Å². The van der Waals surface area contributed by atoms with E-state index < -0.39 is 0 Å². The van der Waals surface area contributed by atoms with Gasteiger partial charge in [0.1, 0.15) is 6.26 Å². The van der Waals surface area contributed by atoms with Gasteiger partial charge in [-0.25, -0.2) is 0 Å². The topological polar surface area (TPSA) is 12.5 Å². The third-order valence-corrected chi connectivity index (χ3v) is 3.79. The molecule has 4 rings (SSSR count). The van der Waals surface area contributed by atoms with Crippen LogP contribution < -0.4 is 5.06 Å². The predicted molar refractivity (Wildman–Crippen MR) is 91.1 cm³/mol. The largest absolute Gasteiger partial charge is 0.382 e. The second kappa shape index (κ2) is 5.41. The second-order valence-corrected chi connectivity index (χ2v) is 5.18. The molecule has 0 unspecified atom stereocenters. The van der Waals surface area contributed by atoms with Crippen molar-refractivity contribution in [1.29, 1.82) is 0 Å². The number of hydroxylamine groups is 1. The van der Waals surface area contributed by atoms with E-state index in [1.807, 2.05) is 42.6 Å². The molecule has 3 aromatic rings. The highest BCUT2D eigenvalue weighted by Gasteiger charge is 2.12. The molecule has 0 amide bonds. The maximum atomic E-state index is 5.82. The van der Waals surface area contributed by atoms with E-state index in [0.29, 0.717) is 0 Å². The Morgan fingerprint density at radius 2 is 1.50 bits per heavy atom. The minimum Gasteiger partial charge on any atom is -0.382 e. The molecule has 0 bridgehead atoms. The zero-order valence-electron chi connectivity index (χ0n) is 12.0. The third-order valence-electron chi connectivity index (χ3n) is 3.79. The average molecular weight is 285 g/mol. The zero-order valence-corrected chi connectivity index (χ0v) is 12.0. The lowest BCUT2D eigenvalue weighted by atomic mass is 10.1. The van der Waals surface area contributed by atoms with Crippen molar-refractivity contribution in [2.75, 3.05) is 5.06 Å². The van der Waals surface area contributed by atoms with Crippen LogP contribution in [0.15, 0.2) is 91.3 Å². The molecule has 0 atom stereocenters. The van der Waals surface area contributed by atoms with Crippen LogP contribution in [0.1, 0.15) is 5.56 Å². The van der Waals surface area contributed by atoms with Crippen molar-refractivity contribution in [3.8, 4) is 0 Å². The first-order valence-corrected chi connectivity index (χ1v) is 7.29. The minimum absolute atomic E-state index is 1.04. The molecule has 0 aliphatic carbocycles. The summed E-state index contributed by atoms with van der Waals surface area (Å²) in [5, 5.41) is 4.18. The van der Waals surface area contributed by atoms with Crippen molar-refractivity contribution in [1.82, 2.24) is 0 Å². The summed E-state index contributed by atoms with van der Waals surface area (Å²) in [5.41, 5.74) is 3.26. The fourth-order valence-corrected chi connectivity index (χ4v) is 2.67. The molecule has 0 saturated carbocycles. The number of rotatable bonds is 2. The molecule has 0 spiro atoms. The molecule has 2 heteroatoms. The maximum absolute atomic E-state index is 5.82. The number of nitrogens with zero attached hydrogens (tertiary/aromatic N) is 1. The van der Waals surface area contributed by atoms with Crippen molar-refractivity contribution >= 4 is 22.0 Å². The molecular formula is C20H15NO. The number of hydrogen-bond donors (Lipinski definition) is 0. The normalized spacial score (nSPS) is 13.8. The molecule has 1 aliphatic rings. The smallest absolute Gasteiger partial charge is 0.127 e. The van der Waals surface area contributed by atoms with Gasteiger partial charge in [-0.3, -0.25) is 0 Å². The lowest BCUT2D eigenvalue weighted by molar-refractivity contribution is 0.248. The van der Waals surface area contributed by atoms with Crippen molar-refractivity contribution in [3.63, 3.8) is 0 Å². The van der Waals surface area contributed by atoms with Gasteiger partial charge in [0.05, 0.1) is 5.69 Å². The average Bonchev–Trinajstić information content (AvgIpc) is 2.62. The Morgan fingerprint density at radius 1 is 0.727 bits per heavy atom. The summed E-state index contributed by atoms with van der Waals surface area (Å²) in [7, 11) is 0. The number of fused-ring (bicyclic) bond motifs is 1. The molecule has 1 heterocycles. The van der Waals surface area contributed by atoms with E-state index in [0.717, 1.165) is 16.8 Å². The van der Waals surface area contributed by atoms with E-state index in [9.17, 15) is 0 Å². The van der Waals surface area contributed by atoms with E-state index >= 15 is 0 Å². The lowest BCUT2D eigenvalue weighted by Gasteiger charge is -2.23. The number of hydrogen-bond acceptors (Lipinski definition) is 2. The summed E-state index contributed by atoms with van der Waals surface area (Å²) in [4.78, 5) is 5.82. The Balaban J connectivity index is 1.67. The van der Waals surface area contributed by atoms with Crippen LogP contribution in [0.3, 0.4) is 0 Å². The summed E-state index contributed by atoms with van der Waals surface area (Å²) < 4.78 is 0. The lowest BCUT2D eigenvalue weighted by Crippen LogP contribution is -2.16. The quantitative estimate of drug-likeness (QED) is 0.646. The van der Waals surface area contributed by atoms with Gasteiger partial charge in [-0.1, -0.05) is 66.7 Å². The molecule has 1 aliphatic heterocycles. The van der Waals surface area contributed by atoms with Crippen LogP contribution >= 0.6 is 0 Å². The Bertz CT molecular complexity index is 860. The Morgan fingerprint density at radius 3 is 2.32 bits per heavy atom. The van der Waals surface area contributed by atoms with Crippen molar-refractivity contribution in [2.45, 2.75) is 0 Å². The van der Waals surface area contributed by atoms with Crippen molar-refractivity contribution in [3.05, 3.63) is 96.9 Å². The van der Waals surface area contributed by atoms with Crippen LogP contribution in [0.4, 0.5) is 5.69 Å². The van der Waals surface area contributed by atoms with Crippen LogP contribution in [0, 0.1) is 0 Å². The molecule has 0 saturated heterocycles. The third kappa shape index (κ3) is 2.25. The maximum Gasteiger partial charge on any atom is 0.127 e. The zero-order chi connectivity index (χ0) is 14.8. The highest BCUT2D eigenvalue weighted by Crippen LogP contribution is 2.30. The van der Waals surface area contributed by atoms with Gasteiger partial charge in [0.25, 0.3) is 0 Å². The minimum atomic E-state index is 1.04. The molecule has 2 nitrogen and oxygen atoms in total. The first kappa shape index (κ1) is 12.7. The number of anilines is 1. The predicted octanol–water partition coefficient (Wildman–Crippen LogP) is 5.15. The van der Waals surface area contributed by atoms with Gasteiger partial charge in [-0.05, 0) is 23.1 Å². The fourth-order valence-electron chi connectivity index (χ4n) is 2.67. The van der Waals surface area contributed by atoms with Crippen molar-refractivity contribution < 1.29 is 4.84 Å². The summed E-state index contributed by atoms with van der Waals surface area (Å²) in [6.07, 6.45) is 5.82. The highest BCUT2D eigenvalue weighted by molar-refractivity contribution is 5.94. The van der Waals surface area contributed by atoms with Crippen LogP contribution in [0.5, 0.6) is 0 Å². The van der Waals surface area contributed by atoms with E-state index in [-0.39, 0.29) is 0 Å². The standard InChI is InChI=1S/C20H15NO/c1-2-7-16(8-3-1)18-13-14-21(22-15-18)20-12-6-10-17-9-4-5-11-19(17)20/h1-15H.